The van der Waals surface area contributed by atoms with Crippen molar-refractivity contribution in [3.63, 3.8) is 0 Å². The minimum atomic E-state index is -0.739. The SMILES string of the molecule is Cc1cccc(C(=O)N[C@@H](CSc2ccccc2)[C@H](O)CN2C[C@H]3CCCC[C@H]3C[C@H]2C(C)O)c1C. The van der Waals surface area contributed by atoms with Crippen LogP contribution < -0.4 is 5.32 Å². The number of hydrogen-bond donors (Lipinski definition) is 3. The second kappa shape index (κ2) is 12.6. The lowest BCUT2D eigenvalue weighted by atomic mass is 9.72. The minimum Gasteiger partial charge on any atom is -0.392 e. The molecule has 1 saturated carbocycles. The molecule has 1 aliphatic heterocycles. The van der Waals surface area contributed by atoms with Gasteiger partial charge in [0.05, 0.1) is 18.2 Å². The molecule has 1 aliphatic carbocycles. The quantitative estimate of drug-likeness (QED) is 0.422. The molecular formula is C30H42N2O3S. The van der Waals surface area contributed by atoms with Crippen LogP contribution in [0.1, 0.15) is 60.5 Å². The number of aliphatic hydroxyl groups excluding tert-OH is 2. The number of aryl methyl sites for hydroxylation is 1. The first-order valence-corrected chi connectivity index (χ1v) is 14.5. The van der Waals surface area contributed by atoms with E-state index in [4.69, 9.17) is 0 Å². The summed E-state index contributed by atoms with van der Waals surface area (Å²) in [6.45, 7) is 7.22. The van der Waals surface area contributed by atoms with E-state index in [2.05, 4.69) is 22.3 Å². The maximum Gasteiger partial charge on any atom is 0.251 e. The van der Waals surface area contributed by atoms with Crippen molar-refractivity contribution in [2.24, 2.45) is 11.8 Å². The van der Waals surface area contributed by atoms with Crippen LogP contribution in [0.15, 0.2) is 53.4 Å². The Labute approximate surface area is 220 Å². The number of benzene rings is 2. The van der Waals surface area contributed by atoms with E-state index in [1.54, 1.807) is 11.8 Å². The number of likely N-dealkylation sites (tertiary alicyclic amines) is 1. The molecule has 2 aromatic rings. The fraction of sp³-hybridized carbons (Fsp3) is 0.567. The van der Waals surface area contributed by atoms with Gasteiger partial charge in [0.25, 0.3) is 5.91 Å². The van der Waals surface area contributed by atoms with Gasteiger partial charge in [0.1, 0.15) is 0 Å². The Bertz CT molecular complexity index is 999. The number of amides is 1. The number of thioether (sulfide) groups is 1. The van der Waals surface area contributed by atoms with Crippen LogP contribution >= 0.6 is 11.8 Å². The fourth-order valence-electron chi connectivity index (χ4n) is 6.01. The van der Waals surface area contributed by atoms with Crippen molar-refractivity contribution in [3.8, 4) is 0 Å². The van der Waals surface area contributed by atoms with E-state index >= 15 is 0 Å². The topological polar surface area (TPSA) is 72.8 Å². The molecule has 1 amide bonds. The Balaban J connectivity index is 1.50. The van der Waals surface area contributed by atoms with Gasteiger partial charge in [-0.3, -0.25) is 9.69 Å². The summed E-state index contributed by atoms with van der Waals surface area (Å²) >= 11 is 1.65. The monoisotopic (exact) mass is 510 g/mol. The lowest BCUT2D eigenvalue weighted by Crippen LogP contribution is -2.57. The van der Waals surface area contributed by atoms with Gasteiger partial charge in [0.2, 0.25) is 0 Å². The van der Waals surface area contributed by atoms with Crippen LogP contribution in [-0.4, -0.2) is 64.2 Å². The predicted octanol–water partition coefficient (Wildman–Crippen LogP) is 4.82. The van der Waals surface area contributed by atoms with Crippen molar-refractivity contribution in [3.05, 3.63) is 65.2 Å². The molecular weight excluding hydrogens is 468 g/mol. The summed E-state index contributed by atoms with van der Waals surface area (Å²) in [4.78, 5) is 16.7. The van der Waals surface area contributed by atoms with Gasteiger partial charge >= 0.3 is 0 Å². The van der Waals surface area contributed by atoms with Gasteiger partial charge in [0.15, 0.2) is 0 Å². The van der Waals surface area contributed by atoms with Gasteiger partial charge in [-0.15, -0.1) is 11.8 Å². The number of fused-ring (bicyclic) bond motifs is 1. The zero-order chi connectivity index (χ0) is 25.7. The Hall–Kier alpha value is -1.86. The molecule has 36 heavy (non-hydrogen) atoms. The molecule has 0 spiro atoms. The molecule has 196 valence electrons. The predicted molar refractivity (Wildman–Crippen MR) is 147 cm³/mol. The third-order valence-electron chi connectivity index (χ3n) is 8.33. The van der Waals surface area contributed by atoms with Crippen molar-refractivity contribution in [1.29, 1.82) is 0 Å². The number of carbonyl (C=O) groups excluding carboxylic acids is 1. The first-order valence-electron chi connectivity index (χ1n) is 13.5. The maximum atomic E-state index is 13.3. The molecule has 1 unspecified atom stereocenters. The molecule has 0 radical (unpaired) electrons. The first kappa shape index (κ1) is 27.2. The highest BCUT2D eigenvalue weighted by molar-refractivity contribution is 7.99. The van der Waals surface area contributed by atoms with Crippen LogP contribution in [0.5, 0.6) is 0 Å². The first-order chi connectivity index (χ1) is 17.3. The molecule has 1 heterocycles. The summed E-state index contributed by atoms with van der Waals surface area (Å²) in [7, 11) is 0. The van der Waals surface area contributed by atoms with E-state index in [0.29, 0.717) is 29.7 Å². The van der Waals surface area contributed by atoms with Gasteiger partial charge in [-0.25, -0.2) is 0 Å². The minimum absolute atomic E-state index is 0.0520. The van der Waals surface area contributed by atoms with Crippen molar-refractivity contribution in [2.75, 3.05) is 18.8 Å². The third-order valence-corrected chi connectivity index (χ3v) is 9.46. The van der Waals surface area contributed by atoms with Crippen molar-refractivity contribution in [1.82, 2.24) is 10.2 Å². The molecule has 2 fully saturated rings. The summed E-state index contributed by atoms with van der Waals surface area (Å²) in [5.41, 5.74) is 2.70. The highest BCUT2D eigenvalue weighted by atomic mass is 32.2. The molecule has 0 aromatic heterocycles. The average molecular weight is 511 g/mol. The van der Waals surface area contributed by atoms with E-state index in [0.717, 1.165) is 29.0 Å². The normalized spacial score (nSPS) is 25.0. The van der Waals surface area contributed by atoms with Crippen LogP contribution in [-0.2, 0) is 0 Å². The van der Waals surface area contributed by atoms with E-state index in [1.807, 2.05) is 57.2 Å². The zero-order valence-corrected chi connectivity index (χ0v) is 22.7. The molecule has 2 aliphatic rings. The average Bonchev–Trinajstić information content (AvgIpc) is 2.88. The number of carbonyl (C=O) groups is 1. The summed E-state index contributed by atoms with van der Waals surface area (Å²) in [6.07, 6.45) is 4.87. The van der Waals surface area contributed by atoms with E-state index in [9.17, 15) is 15.0 Å². The largest absolute Gasteiger partial charge is 0.392 e. The van der Waals surface area contributed by atoms with Gasteiger partial charge in [-0.1, -0.05) is 49.6 Å². The molecule has 0 bridgehead atoms. The second-order valence-electron chi connectivity index (χ2n) is 10.8. The number of rotatable bonds is 9. The summed E-state index contributed by atoms with van der Waals surface area (Å²) < 4.78 is 0. The summed E-state index contributed by atoms with van der Waals surface area (Å²) in [5.74, 6) is 1.75. The van der Waals surface area contributed by atoms with Crippen LogP contribution in [0.4, 0.5) is 0 Å². The van der Waals surface area contributed by atoms with E-state index < -0.39 is 18.2 Å². The molecule has 3 N–H and O–H groups in total. The number of nitrogens with zero attached hydrogens (tertiary/aromatic N) is 1. The lowest BCUT2D eigenvalue weighted by Gasteiger charge is -2.48. The Morgan fingerprint density at radius 1 is 1.06 bits per heavy atom. The van der Waals surface area contributed by atoms with Gasteiger partial charge in [-0.05, 0) is 74.8 Å². The van der Waals surface area contributed by atoms with Crippen LogP contribution in [0, 0.1) is 25.7 Å². The fourth-order valence-corrected chi connectivity index (χ4v) is 7.03. The number of nitrogens with one attached hydrogen (secondary N) is 1. The van der Waals surface area contributed by atoms with Crippen molar-refractivity contribution >= 4 is 17.7 Å². The Morgan fingerprint density at radius 3 is 2.50 bits per heavy atom. The third kappa shape index (κ3) is 6.71. The molecule has 5 nitrogen and oxygen atoms in total. The number of β-amino-alcohol motifs (C(OH)–C–C–N with tert-alkyl or cyclic N) is 1. The maximum absolute atomic E-state index is 13.3. The standard InChI is InChI=1S/C30H42N2O3S/c1-20-10-9-15-26(21(20)2)30(35)31-27(19-36-25-13-5-4-6-14-25)29(34)18-32-17-24-12-8-7-11-23(24)16-28(32)22(3)33/h4-6,9-10,13-15,22-24,27-29,33-34H,7-8,11-12,16-19H2,1-3H3,(H,31,35)/t22?,23-,24+,27-,28-,29+/m0/s1. The molecule has 1 saturated heterocycles. The summed E-state index contributed by atoms with van der Waals surface area (Å²) in [5, 5.41) is 25.3. The highest BCUT2D eigenvalue weighted by Crippen LogP contribution is 2.39. The van der Waals surface area contributed by atoms with E-state index in [-0.39, 0.29) is 11.9 Å². The van der Waals surface area contributed by atoms with Crippen LogP contribution in [0.2, 0.25) is 0 Å². The number of piperidine rings is 1. The Morgan fingerprint density at radius 2 is 1.78 bits per heavy atom. The van der Waals surface area contributed by atoms with Crippen LogP contribution in [0.25, 0.3) is 0 Å². The zero-order valence-electron chi connectivity index (χ0n) is 21.9. The Kier molecular flexibility index (Phi) is 9.51. The summed E-state index contributed by atoms with van der Waals surface area (Å²) in [6, 6.07) is 15.5. The van der Waals surface area contributed by atoms with Crippen LogP contribution in [0.3, 0.4) is 0 Å². The van der Waals surface area contributed by atoms with Crippen molar-refractivity contribution in [2.45, 2.75) is 82.1 Å². The second-order valence-corrected chi connectivity index (χ2v) is 11.9. The lowest BCUT2D eigenvalue weighted by molar-refractivity contribution is -0.0418. The molecule has 6 heteroatoms. The highest BCUT2D eigenvalue weighted by Gasteiger charge is 2.40. The van der Waals surface area contributed by atoms with Gasteiger partial charge in [-0.2, -0.15) is 0 Å². The number of hydrogen-bond acceptors (Lipinski definition) is 5. The number of aliphatic hydroxyl groups is 2. The molecule has 2 aromatic carbocycles. The molecule has 6 atom stereocenters. The van der Waals surface area contributed by atoms with Crippen molar-refractivity contribution < 1.29 is 15.0 Å². The smallest absolute Gasteiger partial charge is 0.251 e. The van der Waals surface area contributed by atoms with E-state index in [1.165, 1.54) is 25.7 Å². The van der Waals surface area contributed by atoms with Gasteiger partial charge in [0, 0.05) is 35.3 Å². The molecule has 4 rings (SSSR count). The van der Waals surface area contributed by atoms with Gasteiger partial charge < -0.3 is 15.5 Å².